The number of nitrogens with one attached hydrogen (secondary N) is 1. The van der Waals surface area contributed by atoms with Crippen molar-refractivity contribution >= 4 is 44.0 Å². The van der Waals surface area contributed by atoms with Crippen molar-refractivity contribution in [2.75, 3.05) is 0 Å². The van der Waals surface area contributed by atoms with Gasteiger partial charge in [0.25, 0.3) is 5.91 Å². The number of carbonyl (C=O) groups is 1. The summed E-state index contributed by atoms with van der Waals surface area (Å²) in [6.07, 6.45) is 4.26. The van der Waals surface area contributed by atoms with E-state index in [9.17, 15) is 9.90 Å². The maximum Gasteiger partial charge on any atom is 0.261 e. The predicted octanol–water partition coefficient (Wildman–Crippen LogP) is 1.66. The molecule has 7 nitrogen and oxygen atoms in total. The van der Waals surface area contributed by atoms with Crippen molar-refractivity contribution in [3.05, 3.63) is 39.3 Å². The van der Waals surface area contributed by atoms with Crippen molar-refractivity contribution in [3.63, 3.8) is 0 Å². The Morgan fingerprint density at radius 3 is 2.75 bits per heavy atom. The number of aromatic nitrogens is 3. The van der Waals surface area contributed by atoms with Gasteiger partial charge in [-0.05, 0) is 49.6 Å². The molecule has 20 heavy (non-hydrogen) atoms. The maximum atomic E-state index is 11.5. The van der Waals surface area contributed by atoms with Crippen LogP contribution in [0.3, 0.4) is 0 Å². The van der Waals surface area contributed by atoms with Crippen LogP contribution in [0.2, 0.25) is 0 Å². The lowest BCUT2D eigenvalue weighted by molar-refractivity contribution is -0.121. The van der Waals surface area contributed by atoms with Crippen molar-refractivity contribution in [3.8, 4) is 5.75 Å². The molecule has 104 valence electrons. The largest absolute Gasteiger partial charge is 0.506 e. The second-order valence-electron chi connectivity index (χ2n) is 3.72. The predicted molar refractivity (Wildman–Crippen MR) is 79.3 cm³/mol. The van der Waals surface area contributed by atoms with Gasteiger partial charge in [-0.3, -0.25) is 4.79 Å². The number of benzene rings is 1. The monoisotopic (exact) mass is 401 g/mol. The first kappa shape index (κ1) is 14.7. The van der Waals surface area contributed by atoms with E-state index >= 15 is 0 Å². The smallest absolute Gasteiger partial charge is 0.261 e. The molecule has 0 fully saturated rings. The number of phenolic OH excluding ortho intramolecular Hbond substituents is 1. The normalized spacial score (nSPS) is 10.9. The molecule has 9 heteroatoms. The molecule has 0 unspecified atom stereocenters. The van der Waals surface area contributed by atoms with Gasteiger partial charge in [0.05, 0.1) is 15.2 Å². The third-order valence-electron chi connectivity index (χ3n) is 2.21. The molecule has 0 aliphatic carbocycles. The Morgan fingerprint density at radius 1 is 1.45 bits per heavy atom. The Kier molecular flexibility index (Phi) is 4.85. The van der Waals surface area contributed by atoms with Gasteiger partial charge in [-0.25, -0.2) is 15.1 Å². The third kappa shape index (κ3) is 3.87. The summed E-state index contributed by atoms with van der Waals surface area (Å²) in [5.74, 6) is -0.207. The molecule has 0 saturated heterocycles. The highest BCUT2D eigenvalue weighted by Crippen LogP contribution is 2.32. The van der Waals surface area contributed by atoms with Gasteiger partial charge < -0.3 is 5.11 Å². The number of carbonyl (C=O) groups excluding carboxylic acids is 1. The lowest BCUT2D eigenvalue weighted by atomic mass is 10.2. The number of halogens is 2. The van der Waals surface area contributed by atoms with Crippen LogP contribution < -0.4 is 5.43 Å². The molecular formula is C11H9Br2N5O2. The van der Waals surface area contributed by atoms with Crippen LogP contribution in [-0.4, -0.2) is 32.0 Å². The number of hydrogen-bond donors (Lipinski definition) is 2. The molecule has 1 aromatic heterocycles. The Balaban J connectivity index is 1.95. The van der Waals surface area contributed by atoms with E-state index in [2.05, 4.69) is 52.5 Å². The number of rotatable bonds is 4. The molecule has 0 saturated carbocycles. The van der Waals surface area contributed by atoms with Crippen LogP contribution in [0.4, 0.5) is 0 Å². The summed E-state index contributed by atoms with van der Waals surface area (Å²) in [5.41, 5.74) is 3.08. The molecule has 0 radical (unpaired) electrons. The quantitative estimate of drug-likeness (QED) is 0.600. The van der Waals surface area contributed by atoms with Gasteiger partial charge in [-0.1, -0.05) is 0 Å². The second kappa shape index (κ2) is 6.62. The molecule has 2 rings (SSSR count). The van der Waals surface area contributed by atoms with Crippen LogP contribution in [0, 0.1) is 0 Å². The molecular weight excluding hydrogens is 394 g/mol. The van der Waals surface area contributed by atoms with Crippen molar-refractivity contribution < 1.29 is 9.90 Å². The lowest BCUT2D eigenvalue weighted by Gasteiger charge is -2.02. The van der Waals surface area contributed by atoms with E-state index in [4.69, 9.17) is 0 Å². The highest BCUT2D eigenvalue weighted by Gasteiger charge is 2.05. The minimum Gasteiger partial charge on any atom is -0.506 e. The number of hydrazone groups is 1. The number of nitrogens with zero attached hydrogens (tertiary/aromatic N) is 4. The van der Waals surface area contributed by atoms with Gasteiger partial charge in [0.15, 0.2) is 0 Å². The van der Waals surface area contributed by atoms with Crippen LogP contribution in [0.1, 0.15) is 5.56 Å². The van der Waals surface area contributed by atoms with Crippen molar-refractivity contribution in [1.29, 1.82) is 0 Å². The zero-order valence-electron chi connectivity index (χ0n) is 9.99. The zero-order valence-corrected chi connectivity index (χ0v) is 13.2. The molecule has 0 spiro atoms. The van der Waals surface area contributed by atoms with E-state index in [1.165, 1.54) is 23.6 Å². The van der Waals surface area contributed by atoms with Gasteiger partial charge in [0, 0.05) is 0 Å². The number of aromatic hydroxyl groups is 1. The Labute approximate surface area is 131 Å². The van der Waals surface area contributed by atoms with Crippen molar-refractivity contribution in [2.45, 2.75) is 6.54 Å². The lowest BCUT2D eigenvalue weighted by Crippen LogP contribution is -2.23. The van der Waals surface area contributed by atoms with Crippen LogP contribution in [0.15, 0.2) is 38.8 Å². The van der Waals surface area contributed by atoms with Gasteiger partial charge in [0.1, 0.15) is 24.9 Å². The SMILES string of the molecule is O=C(Cn1cncn1)N/N=C\c1cc(Br)c(O)c(Br)c1. The average Bonchev–Trinajstić information content (AvgIpc) is 2.88. The molecule has 0 atom stereocenters. The second-order valence-corrected chi connectivity index (χ2v) is 5.43. The van der Waals surface area contributed by atoms with E-state index < -0.39 is 0 Å². The first-order valence-corrected chi connectivity index (χ1v) is 6.97. The summed E-state index contributed by atoms with van der Waals surface area (Å²) in [5, 5.41) is 17.2. The number of phenols is 1. The van der Waals surface area contributed by atoms with Gasteiger partial charge >= 0.3 is 0 Å². The first-order valence-electron chi connectivity index (χ1n) is 5.38. The van der Waals surface area contributed by atoms with E-state index in [1.54, 1.807) is 12.1 Å². The number of hydrogen-bond acceptors (Lipinski definition) is 5. The van der Waals surface area contributed by atoms with Gasteiger partial charge in [0.2, 0.25) is 0 Å². The molecule has 0 aliphatic rings. The minimum atomic E-state index is -0.316. The van der Waals surface area contributed by atoms with E-state index in [-0.39, 0.29) is 18.2 Å². The fourth-order valence-corrected chi connectivity index (χ4v) is 2.56. The van der Waals surface area contributed by atoms with E-state index in [1.807, 2.05) is 0 Å². The Bertz CT molecular complexity index is 619. The minimum absolute atomic E-state index is 0.0420. The first-order chi connectivity index (χ1) is 9.56. The summed E-state index contributed by atoms with van der Waals surface area (Å²) in [6.45, 7) is 0.0420. The fraction of sp³-hybridized carbons (Fsp3) is 0.0909. The standard InChI is InChI=1S/C11H9Br2N5O2/c12-8-1-7(2-9(13)11(8)20)3-15-17-10(19)4-18-6-14-5-16-18/h1-3,5-6,20H,4H2,(H,17,19)/b15-3-. The molecule has 0 bridgehead atoms. The van der Waals surface area contributed by atoms with Crippen molar-refractivity contribution in [1.82, 2.24) is 20.2 Å². The van der Waals surface area contributed by atoms with Crippen LogP contribution >= 0.6 is 31.9 Å². The summed E-state index contributed by atoms with van der Waals surface area (Å²) in [6, 6.07) is 3.35. The maximum absolute atomic E-state index is 11.5. The number of amides is 1. The van der Waals surface area contributed by atoms with Crippen LogP contribution in [0.5, 0.6) is 5.75 Å². The summed E-state index contributed by atoms with van der Waals surface area (Å²) >= 11 is 6.42. The molecule has 1 aromatic carbocycles. The molecule has 1 heterocycles. The van der Waals surface area contributed by atoms with Gasteiger partial charge in [-0.15, -0.1) is 0 Å². The topological polar surface area (TPSA) is 92.4 Å². The average molecular weight is 403 g/mol. The molecule has 2 N–H and O–H groups in total. The summed E-state index contributed by atoms with van der Waals surface area (Å²) in [7, 11) is 0. The molecule has 0 aliphatic heterocycles. The van der Waals surface area contributed by atoms with E-state index in [0.717, 1.165) is 0 Å². The van der Waals surface area contributed by atoms with E-state index in [0.29, 0.717) is 14.5 Å². The Hall–Kier alpha value is -1.74. The third-order valence-corrected chi connectivity index (χ3v) is 3.42. The highest BCUT2D eigenvalue weighted by atomic mass is 79.9. The highest BCUT2D eigenvalue weighted by molar-refractivity contribution is 9.11. The van der Waals surface area contributed by atoms with Crippen LogP contribution in [-0.2, 0) is 11.3 Å². The zero-order chi connectivity index (χ0) is 14.5. The van der Waals surface area contributed by atoms with Crippen LogP contribution in [0.25, 0.3) is 0 Å². The van der Waals surface area contributed by atoms with Crippen molar-refractivity contribution in [2.24, 2.45) is 5.10 Å². The summed E-state index contributed by atoms with van der Waals surface area (Å²) in [4.78, 5) is 15.2. The molecule has 1 amide bonds. The Morgan fingerprint density at radius 2 is 2.15 bits per heavy atom. The molecule has 2 aromatic rings. The fourth-order valence-electron chi connectivity index (χ4n) is 1.34. The summed E-state index contributed by atoms with van der Waals surface area (Å²) < 4.78 is 2.45. The van der Waals surface area contributed by atoms with Gasteiger partial charge in [-0.2, -0.15) is 10.2 Å².